The number of halogens is 1. The Balaban J connectivity index is 1.84. The first kappa shape index (κ1) is 17.2. The Labute approximate surface area is 178 Å². The summed E-state index contributed by atoms with van der Waals surface area (Å²) in [7, 11) is 0. The molecule has 29 heavy (non-hydrogen) atoms. The molecule has 0 atom stereocenters. The van der Waals surface area contributed by atoms with Crippen molar-refractivity contribution >= 4 is 41.4 Å². The summed E-state index contributed by atoms with van der Waals surface area (Å²) in [6.45, 7) is 4.54. The molecule has 0 saturated heterocycles. The van der Waals surface area contributed by atoms with E-state index in [4.69, 9.17) is 0 Å². The molecular weight excluding hydrogens is 463 g/mol. The van der Waals surface area contributed by atoms with Crippen LogP contribution in [0.1, 0.15) is 11.1 Å². The van der Waals surface area contributed by atoms with E-state index in [0.717, 1.165) is 0 Å². The van der Waals surface area contributed by atoms with Gasteiger partial charge in [-0.15, -0.1) is 0 Å². The molecule has 1 heteroatoms. The second-order valence-electron chi connectivity index (χ2n) is 7.77. The Morgan fingerprint density at radius 1 is 0.483 bits per heavy atom. The molecule has 0 bridgehead atoms. The zero-order chi connectivity index (χ0) is 19.5. The summed E-state index contributed by atoms with van der Waals surface area (Å²) in [6, 6.07) is 34.1. The molecule has 0 fully saturated rings. The van der Waals surface area contributed by atoms with Crippen molar-refractivity contribution in [2.24, 2.45) is 0 Å². The van der Waals surface area contributed by atoms with Crippen molar-refractivity contribution in [1.29, 1.82) is 0 Å². The molecule has 0 radical (unpaired) electrons. The van der Waals surface area contributed by atoms with E-state index >= 15 is 0 Å². The number of hydrogen-bond donors (Lipinski definition) is 0. The summed E-state index contributed by atoms with van der Waals surface area (Å²) in [4.78, 5) is 0. The van der Waals surface area contributed by atoms with Gasteiger partial charge in [0.15, 0.2) is 0 Å². The quantitative estimate of drug-likeness (QED) is 0.208. The maximum atomic E-state index is 2.50. The number of benzene rings is 5. The fourth-order valence-electron chi connectivity index (χ4n) is 4.72. The Morgan fingerprint density at radius 3 is 1.38 bits per heavy atom. The first-order chi connectivity index (χ1) is 14.2. The Hall–Kier alpha value is -2.65. The predicted octanol–water partition coefficient (Wildman–Crippen LogP) is 8.01. The molecule has 1 heterocycles. The normalized spacial score (nSPS) is 13.7. The van der Waals surface area contributed by atoms with Gasteiger partial charge in [0.1, 0.15) is 0 Å². The van der Waals surface area contributed by atoms with Gasteiger partial charge in [0.05, 0.1) is 0 Å². The first-order valence-corrected chi connectivity index (χ1v) is 13.3. The van der Waals surface area contributed by atoms with E-state index in [2.05, 4.69) is 105 Å². The number of aryl methyl sites for hydroxylation is 2. The summed E-state index contributed by atoms with van der Waals surface area (Å²) < 4.78 is 4.73. The number of rotatable bonds is 1. The molecule has 0 amide bonds. The van der Waals surface area contributed by atoms with Crippen LogP contribution in [0.3, 0.4) is 0 Å². The van der Waals surface area contributed by atoms with Crippen LogP contribution in [0.4, 0.5) is 0 Å². The van der Waals surface area contributed by atoms with E-state index in [0.29, 0.717) is 0 Å². The molecule has 1 aliphatic heterocycles. The SMILES string of the molecule is Cc1cc2c(c3ccccc13)-c1c(cc(C)c3ccccc13)I2c1ccccc1. The number of fused-ring (bicyclic) bond motifs is 7. The van der Waals surface area contributed by atoms with Gasteiger partial charge in [-0.1, -0.05) is 0 Å². The van der Waals surface area contributed by atoms with Crippen molar-refractivity contribution in [3.8, 4) is 11.1 Å². The standard InChI is InChI=1S/C28H21I/c1-18-16-25-27(23-14-8-6-12-21(18)23)28-24-15-9-7-13-22(24)19(2)17-26(28)29(25)20-10-4-3-5-11-20/h3-17H,1-2H3. The van der Waals surface area contributed by atoms with Crippen LogP contribution in [0.2, 0.25) is 0 Å². The zero-order valence-corrected chi connectivity index (χ0v) is 18.7. The van der Waals surface area contributed by atoms with Crippen LogP contribution in [0.5, 0.6) is 0 Å². The van der Waals surface area contributed by atoms with Crippen LogP contribution in [-0.4, -0.2) is 0 Å². The van der Waals surface area contributed by atoms with Gasteiger partial charge in [-0.2, -0.15) is 0 Å². The molecule has 140 valence electrons. The molecule has 0 nitrogen and oxygen atoms in total. The first-order valence-electron chi connectivity index (χ1n) is 10.0. The van der Waals surface area contributed by atoms with Crippen LogP contribution in [0.15, 0.2) is 91.0 Å². The molecular formula is C28H21I. The summed E-state index contributed by atoms with van der Waals surface area (Å²) >= 11 is -1.74. The second-order valence-corrected chi connectivity index (χ2v) is 13.0. The van der Waals surface area contributed by atoms with Gasteiger partial charge in [-0.05, 0) is 0 Å². The van der Waals surface area contributed by atoms with Crippen molar-refractivity contribution in [2.45, 2.75) is 13.8 Å². The second kappa shape index (κ2) is 6.43. The molecule has 5 aromatic rings. The molecule has 0 spiro atoms. The number of hydrogen-bond acceptors (Lipinski definition) is 0. The molecule has 0 saturated carbocycles. The molecule has 6 rings (SSSR count). The van der Waals surface area contributed by atoms with Gasteiger partial charge < -0.3 is 0 Å². The van der Waals surface area contributed by atoms with Crippen molar-refractivity contribution in [1.82, 2.24) is 0 Å². The summed E-state index contributed by atoms with van der Waals surface area (Å²) in [6.07, 6.45) is 0. The van der Waals surface area contributed by atoms with Crippen molar-refractivity contribution in [2.75, 3.05) is 0 Å². The fraction of sp³-hybridized carbons (Fsp3) is 0.0714. The minimum atomic E-state index is -1.74. The van der Waals surface area contributed by atoms with Crippen LogP contribution < -0.4 is 0 Å². The third-order valence-corrected chi connectivity index (χ3v) is 12.0. The van der Waals surface area contributed by atoms with Crippen molar-refractivity contribution in [3.63, 3.8) is 0 Å². The summed E-state index contributed by atoms with van der Waals surface area (Å²) in [5, 5.41) is 5.59. The van der Waals surface area contributed by atoms with Gasteiger partial charge >= 0.3 is 179 Å². The van der Waals surface area contributed by atoms with E-state index < -0.39 is 19.8 Å². The van der Waals surface area contributed by atoms with Gasteiger partial charge in [0.2, 0.25) is 0 Å². The van der Waals surface area contributed by atoms with E-state index in [9.17, 15) is 0 Å². The Morgan fingerprint density at radius 2 is 0.897 bits per heavy atom. The van der Waals surface area contributed by atoms with Gasteiger partial charge in [-0.3, -0.25) is 0 Å². The monoisotopic (exact) mass is 484 g/mol. The minimum absolute atomic E-state index is 1.38. The Kier molecular flexibility index (Phi) is 3.82. The molecule has 0 aliphatic carbocycles. The van der Waals surface area contributed by atoms with Gasteiger partial charge in [0.25, 0.3) is 0 Å². The summed E-state index contributed by atoms with van der Waals surface area (Å²) in [5.41, 5.74) is 5.77. The maximum absolute atomic E-state index is 2.50. The summed E-state index contributed by atoms with van der Waals surface area (Å²) in [5.74, 6) is 0. The average Bonchev–Trinajstić information content (AvgIpc) is 3.08. The molecule has 0 aromatic heterocycles. The molecule has 0 unspecified atom stereocenters. The third kappa shape index (κ3) is 2.43. The van der Waals surface area contributed by atoms with E-state index in [1.807, 2.05) is 0 Å². The topological polar surface area (TPSA) is 0 Å². The van der Waals surface area contributed by atoms with Gasteiger partial charge in [0, 0.05) is 0 Å². The van der Waals surface area contributed by atoms with E-state index in [1.165, 1.54) is 47.4 Å². The van der Waals surface area contributed by atoms with Crippen LogP contribution in [0.25, 0.3) is 32.7 Å². The van der Waals surface area contributed by atoms with Crippen LogP contribution >= 0.6 is 19.8 Å². The molecule has 1 aliphatic rings. The third-order valence-electron chi connectivity index (χ3n) is 6.02. The van der Waals surface area contributed by atoms with Crippen LogP contribution in [0, 0.1) is 24.6 Å². The molecule has 5 aromatic carbocycles. The van der Waals surface area contributed by atoms with Gasteiger partial charge in [-0.25, -0.2) is 0 Å². The van der Waals surface area contributed by atoms with Crippen LogP contribution in [-0.2, 0) is 0 Å². The fourth-order valence-corrected chi connectivity index (χ4v) is 11.6. The zero-order valence-electron chi connectivity index (χ0n) is 16.5. The van der Waals surface area contributed by atoms with Crippen molar-refractivity contribution in [3.05, 3.63) is 113 Å². The van der Waals surface area contributed by atoms with Crippen molar-refractivity contribution < 1.29 is 0 Å². The van der Waals surface area contributed by atoms with E-state index in [1.54, 1.807) is 7.14 Å². The predicted molar refractivity (Wildman–Crippen MR) is 133 cm³/mol. The Bertz CT molecular complexity index is 1320. The average molecular weight is 484 g/mol. The molecule has 0 N–H and O–H groups in total. The van der Waals surface area contributed by atoms with E-state index in [-0.39, 0.29) is 0 Å².